The molecule has 0 heterocycles. The number of hydrogen-bond donors (Lipinski definition) is 3. The maximum absolute atomic E-state index is 13.7. The van der Waals surface area contributed by atoms with Crippen molar-refractivity contribution in [3.8, 4) is 5.75 Å². The summed E-state index contributed by atoms with van der Waals surface area (Å²) in [6.07, 6.45) is -1.08. The first-order chi connectivity index (χ1) is 8.10. The molecule has 6 heteroatoms. The summed E-state index contributed by atoms with van der Waals surface area (Å²) in [7, 11) is 0. The molecule has 0 saturated carbocycles. The number of anilines is 1. The fraction of sp³-hybridized carbons (Fsp3) is 0.455. The van der Waals surface area contributed by atoms with Gasteiger partial charge in [0.2, 0.25) is 0 Å². The number of ether oxygens (including phenoxy) is 1. The molecule has 0 aliphatic rings. The zero-order valence-electron chi connectivity index (χ0n) is 9.41. The predicted molar refractivity (Wildman–Crippen MR) is 59.1 cm³/mol. The molecule has 0 aliphatic heterocycles. The van der Waals surface area contributed by atoms with E-state index in [1.165, 1.54) is 6.07 Å². The Bertz CT molecular complexity index is 374. The fourth-order valence-electron chi connectivity index (χ4n) is 1.25. The van der Waals surface area contributed by atoms with Crippen molar-refractivity contribution in [2.45, 2.75) is 13.0 Å². The van der Waals surface area contributed by atoms with E-state index in [1.54, 1.807) is 6.92 Å². The van der Waals surface area contributed by atoms with Gasteiger partial charge >= 0.3 is 0 Å². The van der Waals surface area contributed by atoms with Gasteiger partial charge in [-0.15, -0.1) is 0 Å². The molecule has 0 amide bonds. The number of halogens is 2. The summed E-state index contributed by atoms with van der Waals surface area (Å²) in [4.78, 5) is 0. The highest BCUT2D eigenvalue weighted by atomic mass is 19.1. The van der Waals surface area contributed by atoms with Crippen LogP contribution in [-0.4, -0.2) is 36.1 Å². The van der Waals surface area contributed by atoms with Crippen LogP contribution in [0.1, 0.15) is 6.92 Å². The zero-order chi connectivity index (χ0) is 12.8. The van der Waals surface area contributed by atoms with Gasteiger partial charge in [-0.05, 0) is 19.1 Å². The summed E-state index contributed by atoms with van der Waals surface area (Å²) in [5.41, 5.74) is -0.372. The van der Waals surface area contributed by atoms with Gasteiger partial charge in [0.15, 0.2) is 11.6 Å². The molecule has 0 aromatic heterocycles. The molecular weight excluding hydrogens is 232 g/mol. The topological polar surface area (TPSA) is 61.7 Å². The molecule has 1 rings (SSSR count). The summed E-state index contributed by atoms with van der Waals surface area (Å²) in [6.45, 7) is 1.31. The fourth-order valence-corrected chi connectivity index (χ4v) is 1.25. The van der Waals surface area contributed by atoms with Gasteiger partial charge < -0.3 is 20.3 Å². The first-order valence-corrected chi connectivity index (χ1v) is 5.23. The Balaban J connectivity index is 2.85. The molecule has 0 radical (unpaired) electrons. The van der Waals surface area contributed by atoms with Crippen molar-refractivity contribution < 1.29 is 23.7 Å². The Morgan fingerprint density at radius 2 is 2.12 bits per heavy atom. The van der Waals surface area contributed by atoms with E-state index < -0.39 is 24.3 Å². The number of hydrogen-bond acceptors (Lipinski definition) is 4. The van der Waals surface area contributed by atoms with Gasteiger partial charge in [0.1, 0.15) is 11.5 Å². The summed E-state index contributed by atoms with van der Waals surface area (Å²) in [5.74, 6) is -1.69. The third kappa shape index (κ3) is 3.54. The second kappa shape index (κ2) is 6.36. The average molecular weight is 247 g/mol. The first kappa shape index (κ1) is 13.7. The van der Waals surface area contributed by atoms with Crippen LogP contribution in [0, 0.1) is 11.6 Å². The Morgan fingerprint density at radius 1 is 1.41 bits per heavy atom. The van der Waals surface area contributed by atoms with Crippen LogP contribution in [-0.2, 0) is 0 Å². The number of aliphatic hydroxyl groups is 2. The van der Waals surface area contributed by atoms with Gasteiger partial charge in [-0.1, -0.05) is 0 Å². The summed E-state index contributed by atoms with van der Waals surface area (Å²) in [6, 6.07) is 2.27. The van der Waals surface area contributed by atoms with Crippen molar-refractivity contribution in [3.05, 3.63) is 23.8 Å². The van der Waals surface area contributed by atoms with Crippen LogP contribution in [0.2, 0.25) is 0 Å². The van der Waals surface area contributed by atoms with E-state index in [0.29, 0.717) is 0 Å². The van der Waals surface area contributed by atoms with Crippen molar-refractivity contribution in [2.75, 3.05) is 25.1 Å². The lowest BCUT2D eigenvalue weighted by Crippen LogP contribution is -2.23. The lowest BCUT2D eigenvalue weighted by atomic mass is 10.2. The highest BCUT2D eigenvalue weighted by Crippen LogP contribution is 2.27. The van der Waals surface area contributed by atoms with Crippen molar-refractivity contribution in [1.82, 2.24) is 0 Å². The number of aliphatic hydroxyl groups excluding tert-OH is 2. The molecule has 4 nitrogen and oxygen atoms in total. The van der Waals surface area contributed by atoms with E-state index in [2.05, 4.69) is 5.32 Å². The molecule has 96 valence electrons. The van der Waals surface area contributed by atoms with E-state index in [1.807, 2.05) is 0 Å². The van der Waals surface area contributed by atoms with E-state index in [9.17, 15) is 8.78 Å². The summed E-state index contributed by atoms with van der Waals surface area (Å²) in [5, 5.41) is 20.1. The van der Waals surface area contributed by atoms with E-state index in [0.717, 1.165) is 6.07 Å². The van der Waals surface area contributed by atoms with E-state index in [4.69, 9.17) is 14.9 Å². The molecule has 0 spiro atoms. The minimum Gasteiger partial charge on any atom is -0.491 e. The molecule has 3 N–H and O–H groups in total. The van der Waals surface area contributed by atoms with Crippen molar-refractivity contribution in [2.24, 2.45) is 0 Å². The van der Waals surface area contributed by atoms with Crippen LogP contribution >= 0.6 is 0 Å². The van der Waals surface area contributed by atoms with Crippen molar-refractivity contribution in [3.63, 3.8) is 0 Å². The smallest absolute Gasteiger partial charge is 0.191 e. The Kier molecular flexibility index (Phi) is 5.11. The molecule has 0 bridgehead atoms. The first-order valence-electron chi connectivity index (χ1n) is 5.23. The molecule has 1 aromatic rings. The predicted octanol–water partition coefficient (Wildman–Crippen LogP) is 1.13. The minimum absolute atomic E-state index is 0.0603. The van der Waals surface area contributed by atoms with Crippen LogP contribution in [0.5, 0.6) is 5.75 Å². The maximum atomic E-state index is 13.7. The third-order valence-corrected chi connectivity index (χ3v) is 2.08. The maximum Gasteiger partial charge on any atom is 0.191 e. The highest BCUT2D eigenvalue weighted by molar-refractivity contribution is 5.51. The van der Waals surface area contributed by atoms with Crippen LogP contribution in [0.25, 0.3) is 0 Å². The Hall–Kier alpha value is -1.40. The quantitative estimate of drug-likeness (QED) is 0.705. The SMILES string of the molecule is CCOc1ccc(F)c(NCC(O)CO)c1F. The van der Waals surface area contributed by atoms with Gasteiger partial charge in [0.25, 0.3) is 0 Å². The Morgan fingerprint density at radius 3 is 2.71 bits per heavy atom. The van der Waals surface area contributed by atoms with Gasteiger partial charge in [0.05, 0.1) is 19.3 Å². The lowest BCUT2D eigenvalue weighted by Gasteiger charge is -2.13. The summed E-state index contributed by atoms with van der Waals surface area (Å²) < 4.78 is 32.0. The molecule has 1 aromatic carbocycles. The van der Waals surface area contributed by atoms with Gasteiger partial charge in [-0.2, -0.15) is 0 Å². The van der Waals surface area contributed by atoms with Gasteiger partial charge in [0, 0.05) is 6.54 Å². The number of benzene rings is 1. The monoisotopic (exact) mass is 247 g/mol. The second-order valence-corrected chi connectivity index (χ2v) is 3.38. The highest BCUT2D eigenvalue weighted by Gasteiger charge is 2.15. The minimum atomic E-state index is -1.08. The van der Waals surface area contributed by atoms with Gasteiger partial charge in [-0.25, -0.2) is 8.78 Å². The van der Waals surface area contributed by atoms with Crippen LogP contribution in [0.15, 0.2) is 12.1 Å². The zero-order valence-corrected chi connectivity index (χ0v) is 9.41. The van der Waals surface area contributed by atoms with Crippen LogP contribution in [0.4, 0.5) is 14.5 Å². The molecule has 0 fully saturated rings. The number of nitrogens with one attached hydrogen (secondary N) is 1. The van der Waals surface area contributed by atoms with Crippen LogP contribution < -0.4 is 10.1 Å². The van der Waals surface area contributed by atoms with Crippen molar-refractivity contribution in [1.29, 1.82) is 0 Å². The van der Waals surface area contributed by atoms with Crippen LogP contribution in [0.3, 0.4) is 0 Å². The van der Waals surface area contributed by atoms with Gasteiger partial charge in [-0.3, -0.25) is 0 Å². The largest absolute Gasteiger partial charge is 0.491 e. The normalized spacial score (nSPS) is 12.3. The molecule has 0 aliphatic carbocycles. The molecular formula is C11H15F2NO3. The summed E-state index contributed by atoms with van der Waals surface area (Å²) >= 11 is 0. The number of rotatable bonds is 6. The molecule has 0 saturated heterocycles. The molecule has 17 heavy (non-hydrogen) atoms. The standard InChI is InChI=1S/C11H15F2NO3/c1-2-17-9-4-3-8(12)11(10(9)13)14-5-7(16)6-15/h3-4,7,14-16H,2,5-6H2,1H3. The third-order valence-electron chi connectivity index (χ3n) is 2.08. The lowest BCUT2D eigenvalue weighted by molar-refractivity contribution is 0.105. The van der Waals surface area contributed by atoms with E-state index >= 15 is 0 Å². The Labute approximate surface area is 97.8 Å². The molecule has 1 atom stereocenters. The molecule has 1 unspecified atom stereocenters. The van der Waals surface area contributed by atoms with Crippen molar-refractivity contribution >= 4 is 5.69 Å². The van der Waals surface area contributed by atoms with E-state index in [-0.39, 0.29) is 24.6 Å². The second-order valence-electron chi connectivity index (χ2n) is 3.38. The average Bonchev–Trinajstić information content (AvgIpc) is 2.32.